The second-order valence-electron chi connectivity index (χ2n) is 5.36. The van der Waals surface area contributed by atoms with Gasteiger partial charge >= 0.3 is 0 Å². The Bertz CT molecular complexity index is 1190. The maximum atomic E-state index is 13.6. The van der Waals surface area contributed by atoms with Gasteiger partial charge < -0.3 is 4.98 Å². The van der Waals surface area contributed by atoms with Crippen molar-refractivity contribution >= 4 is 50.9 Å². The van der Waals surface area contributed by atoms with Gasteiger partial charge in [-0.1, -0.05) is 62.4 Å². The maximum absolute atomic E-state index is 13.6. The van der Waals surface area contributed by atoms with E-state index in [4.69, 9.17) is 23.8 Å². The zero-order chi connectivity index (χ0) is 20.8. The summed E-state index contributed by atoms with van der Waals surface area (Å²) in [4.78, 5) is 16.8. The Balaban J connectivity index is 0.00000136. The normalized spacial score (nSPS) is 11.5. The molecule has 3 aromatic rings. The van der Waals surface area contributed by atoms with E-state index in [1.165, 1.54) is 34.1 Å². The van der Waals surface area contributed by atoms with Crippen LogP contribution < -0.4 is 5.56 Å². The van der Waals surface area contributed by atoms with Crippen molar-refractivity contribution in [3.8, 4) is 5.69 Å². The highest BCUT2D eigenvalue weighted by Gasteiger charge is 2.19. The zero-order valence-corrected chi connectivity index (χ0v) is 18.1. The molecule has 0 amide bonds. The first-order chi connectivity index (χ1) is 13.5. The van der Waals surface area contributed by atoms with Gasteiger partial charge in [0.25, 0.3) is 5.56 Å². The summed E-state index contributed by atoms with van der Waals surface area (Å²) >= 11 is 13.0. The number of aromatic nitrogens is 2. The van der Waals surface area contributed by atoms with Crippen molar-refractivity contribution in [2.24, 2.45) is 0 Å². The van der Waals surface area contributed by atoms with Gasteiger partial charge in [-0.05, 0) is 42.9 Å². The molecule has 0 radical (unpaired) electrons. The highest BCUT2D eigenvalue weighted by Crippen LogP contribution is 2.37. The second kappa shape index (κ2) is 9.78. The van der Waals surface area contributed by atoms with E-state index in [0.29, 0.717) is 31.4 Å². The van der Waals surface area contributed by atoms with Gasteiger partial charge in [0.2, 0.25) is 0 Å². The van der Waals surface area contributed by atoms with Crippen LogP contribution in [-0.2, 0) is 0 Å². The minimum atomic E-state index is -0.452. The largest absolute Gasteiger partial charge is 0.323 e. The van der Waals surface area contributed by atoms with Crippen molar-refractivity contribution in [3.63, 3.8) is 0 Å². The van der Waals surface area contributed by atoms with E-state index in [2.05, 4.69) is 11.6 Å². The van der Waals surface area contributed by atoms with Gasteiger partial charge in [-0.2, -0.15) is 0 Å². The monoisotopic (exact) mass is 434 g/mol. The fraction of sp³-hybridized carbons (Fsp3) is 0.143. The van der Waals surface area contributed by atoms with Crippen molar-refractivity contribution in [2.75, 3.05) is 0 Å². The number of fused-ring (bicyclic) bond motifs is 1. The van der Waals surface area contributed by atoms with Crippen LogP contribution in [0.2, 0.25) is 4.34 Å². The van der Waals surface area contributed by atoms with Gasteiger partial charge in [-0.3, -0.25) is 9.36 Å². The van der Waals surface area contributed by atoms with E-state index in [-0.39, 0.29) is 10.3 Å². The van der Waals surface area contributed by atoms with E-state index in [0.717, 1.165) is 0 Å². The molecule has 0 saturated carbocycles. The van der Waals surface area contributed by atoms with Gasteiger partial charge in [0.05, 0.1) is 11.1 Å². The number of H-pyrrole nitrogens is 1. The Kier molecular flexibility index (Phi) is 7.69. The average molecular weight is 435 g/mol. The number of rotatable bonds is 4. The lowest BCUT2D eigenvalue weighted by atomic mass is 10.1. The fourth-order valence-corrected chi connectivity index (χ4v) is 4.34. The lowest BCUT2D eigenvalue weighted by Crippen LogP contribution is -2.20. The molecule has 0 bridgehead atoms. The van der Waals surface area contributed by atoms with E-state index in [1.54, 1.807) is 12.1 Å². The van der Waals surface area contributed by atoms with E-state index in [1.807, 2.05) is 39.0 Å². The third kappa shape index (κ3) is 4.24. The molecule has 146 valence electrons. The van der Waals surface area contributed by atoms with Crippen molar-refractivity contribution in [1.29, 1.82) is 0 Å². The predicted molar refractivity (Wildman–Crippen MR) is 122 cm³/mol. The maximum Gasteiger partial charge on any atom is 0.268 e. The average Bonchev–Trinajstić information content (AvgIpc) is 3.00. The van der Waals surface area contributed by atoms with E-state index < -0.39 is 5.82 Å². The molecule has 28 heavy (non-hydrogen) atoms. The molecule has 2 aromatic heterocycles. The molecule has 0 aliphatic carbocycles. The number of aromatic amines is 1. The summed E-state index contributed by atoms with van der Waals surface area (Å²) in [5.41, 5.74) is 1.29. The molecule has 2 heterocycles. The smallest absolute Gasteiger partial charge is 0.268 e. The third-order valence-corrected chi connectivity index (χ3v) is 5.35. The Morgan fingerprint density at radius 1 is 1.39 bits per heavy atom. The lowest BCUT2D eigenvalue weighted by molar-refractivity contribution is 0.626. The molecule has 3 nitrogen and oxygen atoms in total. The molecule has 7 heteroatoms. The fourth-order valence-electron chi connectivity index (χ4n) is 2.61. The quantitative estimate of drug-likeness (QED) is 0.352. The zero-order valence-electron chi connectivity index (χ0n) is 15.8. The summed E-state index contributed by atoms with van der Waals surface area (Å²) < 4.78 is 15.5. The van der Waals surface area contributed by atoms with E-state index >= 15 is 0 Å². The Morgan fingerprint density at radius 2 is 2.11 bits per heavy atom. The van der Waals surface area contributed by atoms with Crippen molar-refractivity contribution in [3.05, 3.63) is 86.0 Å². The van der Waals surface area contributed by atoms with Crippen LogP contribution in [0.1, 0.15) is 26.3 Å². The van der Waals surface area contributed by atoms with Gasteiger partial charge in [-0.15, -0.1) is 11.3 Å². The first-order valence-electron chi connectivity index (χ1n) is 8.67. The summed E-state index contributed by atoms with van der Waals surface area (Å²) in [6, 6.07) is 5.72. The number of halogens is 2. The summed E-state index contributed by atoms with van der Waals surface area (Å²) in [7, 11) is 0. The molecule has 0 atom stereocenters. The van der Waals surface area contributed by atoms with Crippen LogP contribution in [0.3, 0.4) is 0 Å². The second-order valence-corrected chi connectivity index (χ2v) is 7.37. The molecule has 1 aromatic carbocycles. The first kappa shape index (κ1) is 22.0. The van der Waals surface area contributed by atoms with Crippen LogP contribution in [0, 0.1) is 10.6 Å². The van der Waals surface area contributed by atoms with Crippen LogP contribution in [0.4, 0.5) is 4.39 Å². The van der Waals surface area contributed by atoms with Gasteiger partial charge in [0.1, 0.15) is 15.0 Å². The van der Waals surface area contributed by atoms with Crippen LogP contribution in [0.5, 0.6) is 0 Å². The van der Waals surface area contributed by atoms with Gasteiger partial charge in [0, 0.05) is 5.56 Å². The summed E-state index contributed by atoms with van der Waals surface area (Å²) in [6.45, 7) is 9.70. The molecular weight excluding hydrogens is 415 g/mol. The summed E-state index contributed by atoms with van der Waals surface area (Å²) in [5.74, 6) is -0.452. The summed E-state index contributed by atoms with van der Waals surface area (Å²) in [6.07, 6.45) is 7.17. The standard InChI is InChI=1S/C19H14ClFN2OS2.C2H6/c1-3-5-7-11(4-2)14-15-17(26-16(14)20)22-19(25)23(18(15)24)13-9-6-8-12(21)10-13;1-2/h3-10H,2H2,1H3,(H,22,25);1-2H3/b5-3-,11-7+;. The molecule has 3 rings (SSSR count). The van der Waals surface area contributed by atoms with Crippen LogP contribution >= 0.6 is 35.2 Å². The number of hydrogen-bond donors (Lipinski definition) is 1. The first-order valence-corrected chi connectivity index (χ1v) is 10.3. The molecule has 0 spiro atoms. The third-order valence-electron chi connectivity index (χ3n) is 3.75. The Labute approximate surface area is 177 Å². The molecule has 0 aliphatic rings. The molecule has 0 saturated heterocycles. The minimum absolute atomic E-state index is 0.176. The van der Waals surface area contributed by atoms with Gasteiger partial charge in [-0.25, -0.2) is 4.39 Å². The van der Waals surface area contributed by atoms with Crippen molar-refractivity contribution < 1.29 is 4.39 Å². The molecule has 0 unspecified atom stereocenters. The van der Waals surface area contributed by atoms with Crippen molar-refractivity contribution in [1.82, 2.24) is 9.55 Å². The minimum Gasteiger partial charge on any atom is -0.323 e. The number of nitrogens with one attached hydrogen (secondary N) is 1. The number of hydrogen-bond acceptors (Lipinski definition) is 3. The Hall–Kier alpha value is -2.28. The molecule has 0 fully saturated rings. The number of nitrogens with zero attached hydrogens (tertiary/aromatic N) is 1. The summed E-state index contributed by atoms with van der Waals surface area (Å²) in [5, 5.41) is 0.397. The lowest BCUT2D eigenvalue weighted by Gasteiger charge is -2.08. The molecule has 0 aliphatic heterocycles. The van der Waals surface area contributed by atoms with Crippen LogP contribution in [0.15, 0.2) is 59.9 Å². The van der Waals surface area contributed by atoms with Crippen molar-refractivity contribution in [2.45, 2.75) is 20.8 Å². The van der Waals surface area contributed by atoms with Crippen LogP contribution in [-0.4, -0.2) is 9.55 Å². The molecular formula is C21H20ClFN2OS2. The highest BCUT2D eigenvalue weighted by atomic mass is 35.5. The Morgan fingerprint density at radius 3 is 2.71 bits per heavy atom. The predicted octanol–water partition coefficient (Wildman–Crippen LogP) is 7.07. The number of benzene rings is 1. The highest BCUT2D eigenvalue weighted by molar-refractivity contribution is 7.71. The van der Waals surface area contributed by atoms with E-state index in [9.17, 15) is 9.18 Å². The molecule has 1 N–H and O–H groups in total. The number of allylic oxidation sites excluding steroid dienone is 5. The van der Waals surface area contributed by atoms with Crippen LogP contribution in [0.25, 0.3) is 21.5 Å². The van der Waals surface area contributed by atoms with Gasteiger partial charge in [0.15, 0.2) is 4.77 Å². The SMILES string of the molecule is C=C/C(=C\C=C/C)c1c(Cl)sc2[nH]c(=S)n(-c3cccc(F)c3)c(=O)c12.CC. The topological polar surface area (TPSA) is 37.8 Å². The number of thiophene rings is 1.